The van der Waals surface area contributed by atoms with Crippen LogP contribution in [0.4, 0.5) is 11.8 Å². The fraction of sp³-hybridized carbons (Fsp3) is 0.533. The summed E-state index contributed by atoms with van der Waals surface area (Å²) in [7, 11) is 1.74. The second kappa shape index (κ2) is 8.46. The van der Waals surface area contributed by atoms with Gasteiger partial charge in [-0.15, -0.1) is 0 Å². The summed E-state index contributed by atoms with van der Waals surface area (Å²) < 4.78 is 0. The van der Waals surface area contributed by atoms with Crippen LogP contribution in [0.2, 0.25) is 0 Å². The molecule has 0 radical (unpaired) electrons. The fourth-order valence-corrected chi connectivity index (χ4v) is 2.65. The lowest BCUT2D eigenvalue weighted by Gasteiger charge is -2.29. The van der Waals surface area contributed by atoms with Gasteiger partial charge in [-0.1, -0.05) is 12.8 Å². The Hall–Kier alpha value is -2.39. The van der Waals surface area contributed by atoms with Crippen molar-refractivity contribution in [1.29, 1.82) is 5.41 Å². The summed E-state index contributed by atoms with van der Waals surface area (Å²) in [5.41, 5.74) is 12.0. The van der Waals surface area contributed by atoms with E-state index in [4.69, 9.17) is 16.9 Å². The van der Waals surface area contributed by atoms with Gasteiger partial charge in [0.1, 0.15) is 5.56 Å². The molecule has 1 aliphatic carbocycles. The zero-order valence-electron chi connectivity index (χ0n) is 13.7. The topological polar surface area (TPSA) is 155 Å². The molecule has 0 aromatic carbocycles. The molecule has 1 aromatic rings. The highest BCUT2D eigenvalue weighted by atomic mass is 16.1. The first-order valence-corrected chi connectivity index (χ1v) is 7.96. The van der Waals surface area contributed by atoms with E-state index in [2.05, 4.69) is 25.6 Å². The average molecular weight is 332 g/mol. The molecular weight excluding hydrogens is 308 g/mol. The highest BCUT2D eigenvalue weighted by Crippen LogP contribution is 2.22. The van der Waals surface area contributed by atoms with Gasteiger partial charge in [-0.2, -0.15) is 4.98 Å². The lowest BCUT2D eigenvalue weighted by Crippen LogP contribution is -2.43. The Balaban J connectivity index is 2.29. The summed E-state index contributed by atoms with van der Waals surface area (Å²) in [4.78, 5) is 24.3. The molecule has 1 aromatic heterocycles. The minimum Gasteiger partial charge on any atom is -0.365 e. The van der Waals surface area contributed by atoms with Gasteiger partial charge in [-0.3, -0.25) is 4.79 Å². The van der Waals surface area contributed by atoms with Crippen molar-refractivity contribution in [1.82, 2.24) is 15.3 Å². The second-order valence-electron chi connectivity index (χ2n) is 5.77. The Morgan fingerprint density at radius 3 is 2.88 bits per heavy atom. The zero-order chi connectivity index (χ0) is 17.5. The molecule has 1 heterocycles. The first-order valence-electron chi connectivity index (χ1n) is 7.96. The first-order chi connectivity index (χ1) is 11.5. The molecule has 2 rings (SSSR count). The molecule has 0 spiro atoms. The lowest BCUT2D eigenvalue weighted by molar-refractivity contribution is 0.100. The number of aromatic nitrogens is 2. The number of nitrogens with zero attached hydrogens (tertiary/aromatic N) is 3. The SMILES string of the molecule is CNCC(C=N)=Nc1nc(N[C@@H]2CCCC[C@@H]2N)ncc1C(N)=O. The number of carbonyl (C=O) groups excluding carboxylic acids is 1. The molecule has 24 heavy (non-hydrogen) atoms. The summed E-state index contributed by atoms with van der Waals surface area (Å²) >= 11 is 0. The van der Waals surface area contributed by atoms with Gasteiger partial charge in [0.15, 0.2) is 5.82 Å². The summed E-state index contributed by atoms with van der Waals surface area (Å²) in [6, 6.07) is 0.140. The van der Waals surface area contributed by atoms with Gasteiger partial charge < -0.3 is 27.5 Å². The minimum atomic E-state index is -0.663. The third-order valence-corrected chi connectivity index (χ3v) is 3.94. The van der Waals surface area contributed by atoms with E-state index in [1.807, 2.05) is 0 Å². The quantitative estimate of drug-likeness (QED) is 0.449. The van der Waals surface area contributed by atoms with Gasteiger partial charge in [-0.05, 0) is 19.9 Å². The van der Waals surface area contributed by atoms with Crippen LogP contribution in [0, 0.1) is 5.41 Å². The van der Waals surface area contributed by atoms with Crippen molar-refractivity contribution < 1.29 is 4.79 Å². The number of nitrogens with two attached hydrogens (primary N) is 2. The van der Waals surface area contributed by atoms with Crippen molar-refractivity contribution in [2.24, 2.45) is 16.5 Å². The van der Waals surface area contributed by atoms with Crippen LogP contribution in [0.1, 0.15) is 36.0 Å². The molecule has 7 N–H and O–H groups in total. The van der Waals surface area contributed by atoms with E-state index in [1.165, 1.54) is 6.20 Å². The Morgan fingerprint density at radius 2 is 2.25 bits per heavy atom. The largest absolute Gasteiger partial charge is 0.365 e. The Kier molecular flexibility index (Phi) is 6.33. The van der Waals surface area contributed by atoms with Crippen molar-refractivity contribution in [2.45, 2.75) is 37.8 Å². The molecule has 9 heteroatoms. The van der Waals surface area contributed by atoms with Crippen LogP contribution in [-0.2, 0) is 0 Å². The van der Waals surface area contributed by atoms with Gasteiger partial charge in [0, 0.05) is 31.0 Å². The van der Waals surface area contributed by atoms with E-state index >= 15 is 0 Å². The molecule has 1 saturated carbocycles. The predicted molar refractivity (Wildman–Crippen MR) is 94.2 cm³/mol. The summed E-state index contributed by atoms with van der Waals surface area (Å²) in [5.74, 6) is -0.156. The number of rotatable bonds is 7. The molecule has 1 amide bonds. The van der Waals surface area contributed by atoms with E-state index in [-0.39, 0.29) is 23.5 Å². The molecule has 9 nitrogen and oxygen atoms in total. The van der Waals surface area contributed by atoms with Crippen LogP contribution in [0.5, 0.6) is 0 Å². The molecule has 0 bridgehead atoms. The number of hydrogen-bond acceptors (Lipinski definition) is 8. The van der Waals surface area contributed by atoms with E-state index in [0.29, 0.717) is 18.2 Å². The van der Waals surface area contributed by atoms with Gasteiger partial charge >= 0.3 is 0 Å². The molecular formula is C15H24N8O. The van der Waals surface area contributed by atoms with Crippen LogP contribution in [-0.4, -0.2) is 53.5 Å². The van der Waals surface area contributed by atoms with Gasteiger partial charge in [0.05, 0.1) is 5.71 Å². The highest BCUT2D eigenvalue weighted by molar-refractivity contribution is 6.31. The van der Waals surface area contributed by atoms with E-state index in [1.54, 1.807) is 7.05 Å². The molecule has 2 atom stereocenters. The Morgan fingerprint density at radius 1 is 1.50 bits per heavy atom. The normalized spacial score (nSPS) is 21.3. The average Bonchev–Trinajstić information content (AvgIpc) is 2.56. The Labute approximate surface area is 140 Å². The third-order valence-electron chi connectivity index (χ3n) is 3.94. The lowest BCUT2D eigenvalue weighted by atomic mass is 9.91. The van der Waals surface area contributed by atoms with E-state index in [0.717, 1.165) is 31.9 Å². The van der Waals surface area contributed by atoms with E-state index < -0.39 is 5.91 Å². The van der Waals surface area contributed by atoms with Crippen LogP contribution >= 0.6 is 0 Å². The summed E-state index contributed by atoms with van der Waals surface area (Å²) in [6.07, 6.45) is 6.60. The highest BCUT2D eigenvalue weighted by Gasteiger charge is 2.23. The van der Waals surface area contributed by atoms with Crippen molar-refractivity contribution in [3.8, 4) is 0 Å². The van der Waals surface area contributed by atoms with Gasteiger partial charge in [-0.25, -0.2) is 9.98 Å². The maximum atomic E-state index is 11.6. The van der Waals surface area contributed by atoms with Crippen molar-refractivity contribution in [3.63, 3.8) is 0 Å². The number of anilines is 1. The van der Waals surface area contributed by atoms with Crippen LogP contribution < -0.4 is 22.1 Å². The second-order valence-corrected chi connectivity index (χ2v) is 5.77. The van der Waals surface area contributed by atoms with E-state index in [9.17, 15) is 4.79 Å². The van der Waals surface area contributed by atoms with Gasteiger partial charge in [0.25, 0.3) is 5.91 Å². The maximum Gasteiger partial charge on any atom is 0.254 e. The molecule has 1 fully saturated rings. The first kappa shape index (κ1) is 18.0. The number of primary amides is 1. The number of nitrogens with one attached hydrogen (secondary N) is 3. The standard InChI is InChI=1S/C15H24N8O/c1-19-7-9(6-16)21-14-10(13(18)24)8-20-15(23-14)22-12-5-3-2-4-11(12)17/h6,8,11-12,16,19H,2-5,7,17H2,1H3,(H2,18,24)(H,20,22,23)/t11-,12+/m0/s1. The Bertz CT molecular complexity index is 630. The number of hydrogen-bond donors (Lipinski definition) is 5. The van der Waals surface area contributed by atoms with Crippen LogP contribution in [0.3, 0.4) is 0 Å². The number of amides is 1. The fourth-order valence-electron chi connectivity index (χ4n) is 2.65. The number of aliphatic imine (C=N–C) groups is 1. The molecule has 0 aliphatic heterocycles. The van der Waals surface area contributed by atoms with Crippen LogP contribution in [0.15, 0.2) is 11.2 Å². The monoisotopic (exact) mass is 332 g/mol. The van der Waals surface area contributed by atoms with Gasteiger partial charge in [0.2, 0.25) is 5.95 Å². The predicted octanol–water partition coefficient (Wildman–Crippen LogP) is 0.199. The summed E-state index contributed by atoms with van der Waals surface area (Å²) in [6.45, 7) is 0.377. The molecule has 0 saturated heterocycles. The van der Waals surface area contributed by atoms with Crippen molar-refractivity contribution >= 4 is 29.6 Å². The summed E-state index contributed by atoms with van der Waals surface area (Å²) in [5, 5.41) is 13.5. The maximum absolute atomic E-state index is 11.6. The number of carbonyl (C=O) groups is 1. The molecule has 0 unspecified atom stereocenters. The molecule has 1 aliphatic rings. The smallest absolute Gasteiger partial charge is 0.254 e. The minimum absolute atomic E-state index is 0.0477. The van der Waals surface area contributed by atoms with Crippen LogP contribution in [0.25, 0.3) is 0 Å². The van der Waals surface area contributed by atoms with Crippen molar-refractivity contribution in [3.05, 3.63) is 11.8 Å². The zero-order valence-corrected chi connectivity index (χ0v) is 13.7. The molecule has 130 valence electrons. The third kappa shape index (κ3) is 4.56. The van der Waals surface area contributed by atoms with Crippen molar-refractivity contribution in [2.75, 3.05) is 18.9 Å².